The maximum Gasteiger partial charge on any atom is 0.229 e. The van der Waals surface area contributed by atoms with Gasteiger partial charge in [-0.15, -0.1) is 5.10 Å². The van der Waals surface area contributed by atoms with Crippen molar-refractivity contribution < 1.29 is 17.9 Å². The van der Waals surface area contributed by atoms with Crippen LogP contribution in [0, 0.1) is 0 Å². The van der Waals surface area contributed by atoms with Crippen LogP contribution in [0.1, 0.15) is 0 Å². The van der Waals surface area contributed by atoms with Crippen LogP contribution in [0.4, 0.5) is 11.5 Å². The summed E-state index contributed by atoms with van der Waals surface area (Å²) in [5.74, 6) is 1.63. The van der Waals surface area contributed by atoms with E-state index in [0.29, 0.717) is 28.5 Å². The molecule has 0 amide bonds. The summed E-state index contributed by atoms with van der Waals surface area (Å²) in [6.07, 6.45) is 0. The van der Waals surface area contributed by atoms with Crippen molar-refractivity contribution in [2.45, 2.75) is 9.92 Å². The third-order valence-corrected chi connectivity index (χ3v) is 7.41. The van der Waals surface area contributed by atoms with Crippen molar-refractivity contribution in [3.05, 3.63) is 71.2 Å². The topological polar surface area (TPSA) is 108 Å². The first-order valence-corrected chi connectivity index (χ1v) is 12.3. The molecule has 11 heteroatoms. The van der Waals surface area contributed by atoms with E-state index >= 15 is 0 Å². The SMILES string of the molecule is COc1cc(Nc2nc3c(S(=O)(=O)c4ccc(Br)cc4)nnn3c3ccccc23)cc(OC)c1. The van der Waals surface area contributed by atoms with Crippen LogP contribution >= 0.6 is 15.9 Å². The number of hydrogen-bond acceptors (Lipinski definition) is 8. The molecular formula is C23H18BrN5O4S. The van der Waals surface area contributed by atoms with Crippen molar-refractivity contribution in [2.75, 3.05) is 19.5 Å². The van der Waals surface area contributed by atoms with Gasteiger partial charge in [-0.3, -0.25) is 0 Å². The molecule has 2 aromatic heterocycles. The van der Waals surface area contributed by atoms with Gasteiger partial charge in [0.2, 0.25) is 14.9 Å². The van der Waals surface area contributed by atoms with Crippen LogP contribution in [0.3, 0.4) is 0 Å². The van der Waals surface area contributed by atoms with Crippen molar-refractivity contribution in [3.8, 4) is 11.5 Å². The minimum atomic E-state index is -3.96. The average Bonchev–Trinajstić information content (AvgIpc) is 3.29. The lowest BCUT2D eigenvalue weighted by molar-refractivity contribution is 0.395. The number of nitrogens with zero attached hydrogens (tertiary/aromatic N) is 4. The minimum absolute atomic E-state index is 0.0973. The first-order valence-electron chi connectivity index (χ1n) is 10.1. The lowest BCUT2D eigenvalue weighted by Crippen LogP contribution is -2.05. The fraction of sp³-hybridized carbons (Fsp3) is 0.0870. The van der Waals surface area contributed by atoms with E-state index in [1.165, 1.54) is 16.6 Å². The van der Waals surface area contributed by atoms with Crippen molar-refractivity contribution in [1.82, 2.24) is 19.8 Å². The number of nitrogens with one attached hydrogen (secondary N) is 1. The van der Waals surface area contributed by atoms with Gasteiger partial charge in [0.15, 0.2) is 5.65 Å². The van der Waals surface area contributed by atoms with E-state index in [0.717, 1.165) is 9.86 Å². The standard InChI is InChI=1S/C23H18BrN5O4S/c1-32-16-11-15(12-17(13-16)33-2)25-21-19-5-3-4-6-20(19)29-22(26-21)23(27-28-29)34(30,31)18-9-7-14(24)8-10-18/h3-13H,1-2H3,(H,25,26). The van der Waals surface area contributed by atoms with E-state index in [2.05, 4.69) is 36.5 Å². The highest BCUT2D eigenvalue weighted by molar-refractivity contribution is 9.10. The zero-order valence-corrected chi connectivity index (χ0v) is 20.5. The molecule has 0 unspecified atom stereocenters. The molecule has 0 bridgehead atoms. The number of halogens is 1. The monoisotopic (exact) mass is 539 g/mol. The van der Waals surface area contributed by atoms with Gasteiger partial charge in [-0.2, -0.15) is 4.52 Å². The molecule has 0 radical (unpaired) electrons. The van der Waals surface area contributed by atoms with E-state index in [1.807, 2.05) is 24.3 Å². The summed E-state index contributed by atoms with van der Waals surface area (Å²) in [5, 5.41) is 11.9. The first kappa shape index (κ1) is 22.1. The Morgan fingerprint density at radius 2 is 1.62 bits per heavy atom. The van der Waals surface area contributed by atoms with Gasteiger partial charge in [0.05, 0.1) is 24.6 Å². The van der Waals surface area contributed by atoms with Crippen LogP contribution < -0.4 is 14.8 Å². The van der Waals surface area contributed by atoms with Crippen LogP contribution in [0.2, 0.25) is 0 Å². The molecule has 0 aliphatic carbocycles. The summed E-state index contributed by atoms with van der Waals surface area (Å²) in [7, 11) is -0.834. The van der Waals surface area contributed by atoms with Crippen LogP contribution in [0.15, 0.2) is 81.1 Å². The zero-order chi connectivity index (χ0) is 23.9. The Morgan fingerprint density at radius 1 is 0.941 bits per heavy atom. The zero-order valence-electron chi connectivity index (χ0n) is 18.1. The lowest BCUT2D eigenvalue weighted by Gasteiger charge is -2.13. The van der Waals surface area contributed by atoms with Crippen LogP contribution in [0.25, 0.3) is 16.6 Å². The maximum absolute atomic E-state index is 13.4. The molecule has 9 nitrogen and oxygen atoms in total. The van der Waals surface area contributed by atoms with Gasteiger partial charge in [0, 0.05) is 33.7 Å². The molecule has 0 saturated carbocycles. The summed E-state index contributed by atoms with van der Waals surface area (Å²) in [6, 6.07) is 19.1. The van der Waals surface area contributed by atoms with Gasteiger partial charge in [-0.1, -0.05) is 33.3 Å². The Labute approximate surface area is 203 Å². The molecule has 34 heavy (non-hydrogen) atoms. The predicted molar refractivity (Wildman–Crippen MR) is 131 cm³/mol. The van der Waals surface area contributed by atoms with Crippen molar-refractivity contribution >= 4 is 53.8 Å². The number of sulfone groups is 1. The highest BCUT2D eigenvalue weighted by Crippen LogP contribution is 2.32. The molecule has 0 spiro atoms. The second kappa shape index (κ2) is 8.58. The fourth-order valence-corrected chi connectivity index (χ4v) is 5.05. The maximum atomic E-state index is 13.4. The van der Waals surface area contributed by atoms with Gasteiger partial charge >= 0.3 is 0 Å². The van der Waals surface area contributed by atoms with Crippen LogP contribution in [-0.2, 0) is 9.84 Å². The van der Waals surface area contributed by atoms with Crippen molar-refractivity contribution in [1.29, 1.82) is 0 Å². The number of hydrogen-bond donors (Lipinski definition) is 1. The smallest absolute Gasteiger partial charge is 0.229 e. The molecule has 0 atom stereocenters. The number of fused-ring (bicyclic) bond motifs is 3. The number of para-hydroxylation sites is 1. The summed E-state index contributed by atoms with van der Waals surface area (Å²) in [4.78, 5) is 4.73. The second-order valence-electron chi connectivity index (χ2n) is 7.29. The molecule has 0 aliphatic rings. The molecule has 172 valence electrons. The normalized spacial score (nSPS) is 11.6. The number of anilines is 2. The lowest BCUT2D eigenvalue weighted by atomic mass is 10.2. The molecule has 3 aromatic carbocycles. The minimum Gasteiger partial charge on any atom is -0.497 e. The van der Waals surface area contributed by atoms with Gasteiger partial charge in [0.1, 0.15) is 17.3 Å². The number of benzene rings is 3. The Bertz CT molecular complexity index is 1610. The highest BCUT2D eigenvalue weighted by Gasteiger charge is 2.27. The van der Waals surface area contributed by atoms with E-state index in [-0.39, 0.29) is 15.6 Å². The molecule has 5 rings (SSSR count). The third-order valence-electron chi connectivity index (χ3n) is 5.21. The quantitative estimate of drug-likeness (QED) is 0.332. The molecule has 2 heterocycles. The van der Waals surface area contributed by atoms with E-state index in [1.54, 1.807) is 44.6 Å². The predicted octanol–water partition coefficient (Wildman–Crippen LogP) is 4.63. The van der Waals surface area contributed by atoms with Crippen LogP contribution in [0.5, 0.6) is 11.5 Å². The summed E-state index contributed by atoms with van der Waals surface area (Å²) >= 11 is 3.32. The summed E-state index contributed by atoms with van der Waals surface area (Å²) in [6.45, 7) is 0. The van der Waals surface area contributed by atoms with Gasteiger partial charge in [-0.25, -0.2) is 13.4 Å². The van der Waals surface area contributed by atoms with Crippen molar-refractivity contribution in [3.63, 3.8) is 0 Å². The van der Waals surface area contributed by atoms with Gasteiger partial charge in [0.25, 0.3) is 0 Å². The number of aromatic nitrogens is 4. The van der Waals surface area contributed by atoms with E-state index < -0.39 is 9.84 Å². The third kappa shape index (κ3) is 3.82. The molecule has 0 saturated heterocycles. The fourth-order valence-electron chi connectivity index (χ4n) is 3.56. The molecular weight excluding hydrogens is 522 g/mol. The van der Waals surface area contributed by atoms with E-state index in [9.17, 15) is 8.42 Å². The molecule has 0 aliphatic heterocycles. The Hall–Kier alpha value is -3.70. The summed E-state index contributed by atoms with van der Waals surface area (Å²) in [5.41, 5.74) is 1.41. The van der Waals surface area contributed by atoms with E-state index in [4.69, 9.17) is 9.47 Å². The average molecular weight is 540 g/mol. The number of rotatable bonds is 6. The Morgan fingerprint density at radius 3 is 2.29 bits per heavy atom. The highest BCUT2D eigenvalue weighted by atomic mass is 79.9. The van der Waals surface area contributed by atoms with Crippen LogP contribution in [-0.4, -0.2) is 42.4 Å². The molecule has 5 aromatic rings. The number of methoxy groups -OCH3 is 2. The first-order chi connectivity index (χ1) is 16.4. The Kier molecular flexibility index (Phi) is 5.58. The van der Waals surface area contributed by atoms with Gasteiger partial charge in [-0.05, 0) is 36.4 Å². The Balaban J connectivity index is 1.71. The van der Waals surface area contributed by atoms with Gasteiger partial charge < -0.3 is 14.8 Å². The second-order valence-corrected chi connectivity index (χ2v) is 10.1. The number of ether oxygens (including phenoxy) is 2. The summed E-state index contributed by atoms with van der Waals surface area (Å²) < 4.78 is 39.6. The molecule has 1 N–H and O–H groups in total. The largest absolute Gasteiger partial charge is 0.497 e. The van der Waals surface area contributed by atoms with Crippen molar-refractivity contribution in [2.24, 2.45) is 0 Å². The molecule has 0 fully saturated rings.